The molecule has 0 saturated carbocycles. The first kappa shape index (κ1) is 15.0. The van der Waals surface area contributed by atoms with Crippen molar-refractivity contribution in [2.24, 2.45) is 0 Å². The number of nitrogens with zero attached hydrogens (tertiary/aromatic N) is 1. The van der Waals surface area contributed by atoms with Crippen molar-refractivity contribution >= 4 is 22.6 Å². The first-order valence-electron chi connectivity index (χ1n) is 6.70. The smallest absolute Gasteiger partial charge is 0.322 e. The van der Waals surface area contributed by atoms with E-state index in [1.165, 1.54) is 5.39 Å². The fraction of sp³-hybridized carbons (Fsp3) is 0.250. The molecule has 0 unspecified atom stereocenters. The van der Waals surface area contributed by atoms with Crippen LogP contribution in [-0.2, 0) is 16.1 Å². The number of carboxylic acids is 1. The van der Waals surface area contributed by atoms with Gasteiger partial charge in [0.25, 0.3) is 0 Å². The van der Waals surface area contributed by atoms with Gasteiger partial charge in [0.1, 0.15) is 6.54 Å². The maximum Gasteiger partial charge on any atom is 0.322 e. The average molecular weight is 286 g/mol. The predicted octanol–water partition coefficient (Wildman–Crippen LogP) is 1.47. The minimum Gasteiger partial charge on any atom is -0.480 e. The third-order valence-electron chi connectivity index (χ3n) is 3.17. The molecule has 0 fully saturated rings. The molecule has 0 spiro atoms. The molecule has 0 atom stereocenters. The average Bonchev–Trinajstić information content (AvgIpc) is 2.45. The van der Waals surface area contributed by atoms with E-state index in [2.05, 4.69) is 23.5 Å². The van der Waals surface area contributed by atoms with Crippen molar-refractivity contribution in [3.8, 4) is 0 Å². The van der Waals surface area contributed by atoms with Crippen molar-refractivity contribution in [3.05, 3.63) is 48.0 Å². The topological polar surface area (TPSA) is 69.6 Å². The van der Waals surface area contributed by atoms with Crippen molar-refractivity contribution < 1.29 is 14.7 Å². The zero-order valence-corrected chi connectivity index (χ0v) is 11.9. The van der Waals surface area contributed by atoms with Crippen molar-refractivity contribution in [1.82, 2.24) is 10.2 Å². The molecule has 0 aliphatic heterocycles. The summed E-state index contributed by atoms with van der Waals surface area (Å²) in [5.41, 5.74) is 1.14. The maximum atomic E-state index is 11.6. The summed E-state index contributed by atoms with van der Waals surface area (Å²) in [6, 6.07) is 14.2. The number of benzene rings is 2. The molecule has 0 bridgehead atoms. The van der Waals surface area contributed by atoms with Crippen LogP contribution < -0.4 is 5.32 Å². The van der Waals surface area contributed by atoms with Crippen LogP contribution in [0.5, 0.6) is 0 Å². The number of likely N-dealkylation sites (N-methyl/N-ethyl adjacent to an activating group) is 1. The Balaban J connectivity index is 2.00. The number of carboxylic acid groups (broad SMARTS) is 1. The minimum absolute atomic E-state index is 0.163. The Morgan fingerprint density at radius 3 is 2.62 bits per heavy atom. The van der Waals surface area contributed by atoms with Gasteiger partial charge in [0, 0.05) is 6.54 Å². The summed E-state index contributed by atoms with van der Waals surface area (Å²) in [7, 11) is 1.84. The van der Waals surface area contributed by atoms with Crippen LogP contribution in [0.25, 0.3) is 10.8 Å². The third-order valence-corrected chi connectivity index (χ3v) is 3.17. The van der Waals surface area contributed by atoms with Crippen LogP contribution in [0.2, 0.25) is 0 Å². The second-order valence-electron chi connectivity index (χ2n) is 4.98. The monoisotopic (exact) mass is 286 g/mol. The first-order chi connectivity index (χ1) is 10.1. The van der Waals surface area contributed by atoms with E-state index in [4.69, 9.17) is 5.11 Å². The van der Waals surface area contributed by atoms with Gasteiger partial charge < -0.3 is 10.4 Å². The predicted molar refractivity (Wildman–Crippen MR) is 80.9 cm³/mol. The summed E-state index contributed by atoms with van der Waals surface area (Å²) in [6.45, 7) is 0.444. The Morgan fingerprint density at radius 2 is 1.86 bits per heavy atom. The van der Waals surface area contributed by atoms with E-state index >= 15 is 0 Å². The minimum atomic E-state index is -1.04. The Kier molecular flexibility index (Phi) is 4.90. The molecule has 0 heterocycles. The van der Waals surface area contributed by atoms with E-state index in [1.807, 2.05) is 36.2 Å². The zero-order chi connectivity index (χ0) is 15.2. The summed E-state index contributed by atoms with van der Waals surface area (Å²) < 4.78 is 0. The number of carbonyl (C=O) groups is 2. The summed E-state index contributed by atoms with van der Waals surface area (Å²) in [5.74, 6) is -1.33. The largest absolute Gasteiger partial charge is 0.480 e. The van der Waals surface area contributed by atoms with Gasteiger partial charge >= 0.3 is 5.97 Å². The van der Waals surface area contributed by atoms with E-state index in [0.717, 1.165) is 10.9 Å². The molecule has 0 aromatic heterocycles. The fourth-order valence-electron chi connectivity index (χ4n) is 2.25. The number of aliphatic carboxylic acids is 1. The number of hydrogen-bond donors (Lipinski definition) is 2. The number of amides is 1. The highest BCUT2D eigenvalue weighted by molar-refractivity contribution is 5.86. The fourth-order valence-corrected chi connectivity index (χ4v) is 2.25. The SMILES string of the molecule is CN(CC(=O)NCC(=O)O)Cc1cccc2ccccc12. The van der Waals surface area contributed by atoms with Crippen LogP contribution >= 0.6 is 0 Å². The summed E-state index contributed by atoms with van der Waals surface area (Å²) in [5, 5.41) is 13.2. The van der Waals surface area contributed by atoms with Crippen molar-refractivity contribution in [2.45, 2.75) is 6.54 Å². The Morgan fingerprint density at radius 1 is 1.14 bits per heavy atom. The third kappa shape index (κ3) is 4.29. The molecule has 21 heavy (non-hydrogen) atoms. The zero-order valence-electron chi connectivity index (χ0n) is 11.9. The lowest BCUT2D eigenvalue weighted by atomic mass is 10.0. The highest BCUT2D eigenvalue weighted by atomic mass is 16.4. The van der Waals surface area contributed by atoms with Crippen LogP contribution in [0.3, 0.4) is 0 Å². The molecule has 2 aromatic carbocycles. The summed E-state index contributed by atoms with van der Waals surface area (Å²) in [4.78, 5) is 23.9. The lowest BCUT2D eigenvalue weighted by molar-refractivity contribution is -0.138. The molecule has 5 nitrogen and oxygen atoms in total. The molecular formula is C16H18N2O3. The van der Waals surface area contributed by atoms with Gasteiger partial charge in [-0.05, 0) is 23.4 Å². The van der Waals surface area contributed by atoms with E-state index in [9.17, 15) is 9.59 Å². The van der Waals surface area contributed by atoms with Crippen LogP contribution in [0.4, 0.5) is 0 Å². The number of fused-ring (bicyclic) bond motifs is 1. The van der Waals surface area contributed by atoms with Crippen LogP contribution in [0, 0.1) is 0 Å². The first-order valence-corrected chi connectivity index (χ1v) is 6.70. The number of hydrogen-bond acceptors (Lipinski definition) is 3. The standard InChI is InChI=1S/C16H18N2O3/c1-18(11-15(19)17-9-16(20)21)10-13-7-4-6-12-5-2-3-8-14(12)13/h2-8H,9-11H2,1H3,(H,17,19)(H,20,21). The molecule has 2 rings (SSSR count). The maximum absolute atomic E-state index is 11.6. The van der Waals surface area contributed by atoms with Gasteiger partial charge in [-0.1, -0.05) is 42.5 Å². The quantitative estimate of drug-likeness (QED) is 0.844. The molecule has 0 saturated heterocycles. The Hall–Kier alpha value is -2.40. The Bertz CT molecular complexity index is 650. The summed E-state index contributed by atoms with van der Waals surface area (Å²) >= 11 is 0. The van der Waals surface area contributed by atoms with Crippen molar-refractivity contribution in [3.63, 3.8) is 0 Å². The molecule has 5 heteroatoms. The van der Waals surface area contributed by atoms with Gasteiger partial charge in [-0.15, -0.1) is 0 Å². The molecular weight excluding hydrogens is 268 g/mol. The van der Waals surface area contributed by atoms with E-state index in [1.54, 1.807) is 0 Å². The molecule has 0 aliphatic carbocycles. The van der Waals surface area contributed by atoms with Gasteiger partial charge in [0.05, 0.1) is 6.54 Å². The van der Waals surface area contributed by atoms with Gasteiger partial charge in [-0.2, -0.15) is 0 Å². The molecule has 2 aromatic rings. The molecule has 0 radical (unpaired) electrons. The summed E-state index contributed by atoms with van der Waals surface area (Å²) in [6.07, 6.45) is 0. The molecule has 110 valence electrons. The van der Waals surface area contributed by atoms with Gasteiger partial charge in [-0.25, -0.2) is 0 Å². The molecule has 2 N–H and O–H groups in total. The van der Waals surface area contributed by atoms with Crippen molar-refractivity contribution in [2.75, 3.05) is 20.1 Å². The van der Waals surface area contributed by atoms with Crippen molar-refractivity contribution in [1.29, 1.82) is 0 Å². The highest BCUT2D eigenvalue weighted by Gasteiger charge is 2.09. The number of nitrogens with one attached hydrogen (secondary N) is 1. The molecule has 1 amide bonds. The number of rotatable bonds is 6. The lowest BCUT2D eigenvalue weighted by Gasteiger charge is -2.17. The molecule has 0 aliphatic rings. The highest BCUT2D eigenvalue weighted by Crippen LogP contribution is 2.19. The van der Waals surface area contributed by atoms with E-state index < -0.39 is 5.97 Å². The van der Waals surface area contributed by atoms with Crippen LogP contribution in [0.1, 0.15) is 5.56 Å². The van der Waals surface area contributed by atoms with Crippen LogP contribution in [-0.4, -0.2) is 42.0 Å². The van der Waals surface area contributed by atoms with Gasteiger partial charge in [0.2, 0.25) is 5.91 Å². The van der Waals surface area contributed by atoms with Gasteiger partial charge in [-0.3, -0.25) is 14.5 Å². The lowest BCUT2D eigenvalue weighted by Crippen LogP contribution is -2.37. The van der Waals surface area contributed by atoms with Gasteiger partial charge in [0.15, 0.2) is 0 Å². The second-order valence-corrected chi connectivity index (χ2v) is 4.98. The normalized spacial score (nSPS) is 10.8. The number of carbonyl (C=O) groups excluding carboxylic acids is 1. The second kappa shape index (κ2) is 6.85. The van der Waals surface area contributed by atoms with Crippen LogP contribution in [0.15, 0.2) is 42.5 Å². The van der Waals surface area contributed by atoms with E-state index in [-0.39, 0.29) is 19.0 Å². The van der Waals surface area contributed by atoms with E-state index in [0.29, 0.717) is 6.54 Å². The Labute approximate surface area is 123 Å².